The van der Waals surface area contributed by atoms with E-state index in [9.17, 15) is 4.39 Å². The third kappa shape index (κ3) is 4.02. The van der Waals surface area contributed by atoms with Gasteiger partial charge in [0.05, 0.1) is 0 Å². The van der Waals surface area contributed by atoms with E-state index < -0.39 is 0 Å². The van der Waals surface area contributed by atoms with Crippen LogP contribution >= 0.6 is 12.4 Å². The summed E-state index contributed by atoms with van der Waals surface area (Å²) < 4.78 is 18.4. The molecule has 2 nitrogen and oxygen atoms in total. The molecule has 0 aliphatic rings. The first-order chi connectivity index (χ1) is 8.28. The highest BCUT2D eigenvalue weighted by Crippen LogP contribution is 2.14. The smallest absolute Gasteiger partial charge is 0.126 e. The number of rotatable bonds is 4. The Morgan fingerprint density at radius 1 is 1.00 bits per heavy atom. The molecule has 2 aromatic carbocycles. The third-order valence-electron chi connectivity index (χ3n) is 2.46. The van der Waals surface area contributed by atoms with Gasteiger partial charge in [-0.25, -0.2) is 4.39 Å². The van der Waals surface area contributed by atoms with Crippen molar-refractivity contribution in [2.45, 2.75) is 13.2 Å². The summed E-state index contributed by atoms with van der Waals surface area (Å²) in [4.78, 5) is 0. The lowest BCUT2D eigenvalue weighted by atomic mass is 10.1. The summed E-state index contributed by atoms with van der Waals surface area (Å²) >= 11 is 0. The quantitative estimate of drug-likeness (QED) is 0.923. The molecule has 2 N–H and O–H groups in total. The van der Waals surface area contributed by atoms with Crippen molar-refractivity contribution in [2.24, 2.45) is 5.73 Å². The van der Waals surface area contributed by atoms with Gasteiger partial charge in [0.1, 0.15) is 18.2 Å². The van der Waals surface area contributed by atoms with Crippen LogP contribution < -0.4 is 10.5 Å². The van der Waals surface area contributed by atoms with Crippen molar-refractivity contribution in [1.82, 2.24) is 0 Å². The second kappa shape index (κ2) is 6.99. The SMILES string of the molecule is Cl.NCc1ccc(COc2cccc(F)c2)cc1. The summed E-state index contributed by atoms with van der Waals surface area (Å²) in [6, 6.07) is 14.0. The van der Waals surface area contributed by atoms with Crippen LogP contribution in [-0.2, 0) is 13.2 Å². The van der Waals surface area contributed by atoms with Gasteiger partial charge < -0.3 is 10.5 Å². The molecule has 2 rings (SSSR count). The highest BCUT2D eigenvalue weighted by Gasteiger charge is 1.98. The zero-order chi connectivity index (χ0) is 12.1. The van der Waals surface area contributed by atoms with Gasteiger partial charge >= 0.3 is 0 Å². The van der Waals surface area contributed by atoms with Gasteiger partial charge in [0.15, 0.2) is 0 Å². The Kier molecular flexibility index (Phi) is 5.62. The fraction of sp³-hybridized carbons (Fsp3) is 0.143. The summed E-state index contributed by atoms with van der Waals surface area (Å²) in [5, 5.41) is 0. The van der Waals surface area contributed by atoms with Crippen LogP contribution in [0.3, 0.4) is 0 Å². The fourth-order valence-corrected chi connectivity index (χ4v) is 1.50. The number of hydrogen-bond acceptors (Lipinski definition) is 2. The number of halogens is 2. The molecule has 0 spiro atoms. The van der Waals surface area contributed by atoms with Crippen LogP contribution in [0.15, 0.2) is 48.5 Å². The lowest BCUT2D eigenvalue weighted by Gasteiger charge is -2.06. The van der Waals surface area contributed by atoms with Gasteiger partial charge in [-0.2, -0.15) is 0 Å². The van der Waals surface area contributed by atoms with Gasteiger partial charge in [0.2, 0.25) is 0 Å². The van der Waals surface area contributed by atoms with E-state index in [1.165, 1.54) is 12.1 Å². The minimum atomic E-state index is -0.291. The molecule has 0 saturated carbocycles. The molecular weight excluding hydrogens is 253 g/mol. The minimum absolute atomic E-state index is 0. The predicted octanol–water partition coefficient (Wildman–Crippen LogP) is 3.29. The molecule has 4 heteroatoms. The second-order valence-electron chi connectivity index (χ2n) is 3.77. The van der Waals surface area contributed by atoms with E-state index in [-0.39, 0.29) is 18.2 Å². The molecule has 0 unspecified atom stereocenters. The maximum atomic E-state index is 12.9. The fourth-order valence-electron chi connectivity index (χ4n) is 1.50. The van der Waals surface area contributed by atoms with E-state index in [4.69, 9.17) is 10.5 Å². The van der Waals surface area contributed by atoms with Gasteiger partial charge in [0, 0.05) is 12.6 Å². The molecule has 0 amide bonds. The largest absolute Gasteiger partial charge is 0.489 e. The zero-order valence-electron chi connectivity index (χ0n) is 9.80. The summed E-state index contributed by atoms with van der Waals surface area (Å²) in [5.41, 5.74) is 7.63. The minimum Gasteiger partial charge on any atom is -0.489 e. The number of benzene rings is 2. The first kappa shape index (κ1) is 14.5. The molecule has 0 heterocycles. The van der Waals surface area contributed by atoms with Gasteiger partial charge in [-0.05, 0) is 23.3 Å². The Morgan fingerprint density at radius 2 is 1.67 bits per heavy atom. The van der Waals surface area contributed by atoms with Crippen LogP contribution in [-0.4, -0.2) is 0 Å². The topological polar surface area (TPSA) is 35.2 Å². The van der Waals surface area contributed by atoms with Gasteiger partial charge in [0.25, 0.3) is 0 Å². The van der Waals surface area contributed by atoms with Crippen molar-refractivity contribution in [3.63, 3.8) is 0 Å². The molecule has 0 aromatic heterocycles. The van der Waals surface area contributed by atoms with Gasteiger partial charge in [-0.1, -0.05) is 30.3 Å². The van der Waals surface area contributed by atoms with E-state index >= 15 is 0 Å². The van der Waals surface area contributed by atoms with E-state index in [0.29, 0.717) is 18.9 Å². The lowest BCUT2D eigenvalue weighted by molar-refractivity contribution is 0.304. The van der Waals surface area contributed by atoms with Gasteiger partial charge in [-0.3, -0.25) is 0 Å². The normalized spacial score (nSPS) is 9.67. The average molecular weight is 268 g/mol. The molecule has 0 aliphatic heterocycles. The van der Waals surface area contributed by atoms with Crippen molar-refractivity contribution >= 4 is 12.4 Å². The Labute approximate surface area is 112 Å². The van der Waals surface area contributed by atoms with Gasteiger partial charge in [-0.15, -0.1) is 12.4 Å². The van der Waals surface area contributed by atoms with E-state index in [2.05, 4.69) is 0 Å². The van der Waals surface area contributed by atoms with E-state index in [1.807, 2.05) is 24.3 Å². The second-order valence-corrected chi connectivity index (χ2v) is 3.77. The number of ether oxygens (including phenoxy) is 1. The number of hydrogen-bond donors (Lipinski definition) is 1. The molecule has 2 aromatic rings. The van der Waals surface area contributed by atoms with Crippen LogP contribution in [0.25, 0.3) is 0 Å². The highest BCUT2D eigenvalue weighted by molar-refractivity contribution is 5.85. The highest BCUT2D eigenvalue weighted by atomic mass is 35.5. The maximum Gasteiger partial charge on any atom is 0.126 e. The first-order valence-corrected chi connectivity index (χ1v) is 5.44. The summed E-state index contributed by atoms with van der Waals surface area (Å²) in [5.74, 6) is 0.244. The maximum absolute atomic E-state index is 12.9. The monoisotopic (exact) mass is 267 g/mol. The molecule has 96 valence electrons. The first-order valence-electron chi connectivity index (χ1n) is 5.44. The van der Waals surface area contributed by atoms with Crippen molar-refractivity contribution in [2.75, 3.05) is 0 Å². The summed E-state index contributed by atoms with van der Waals surface area (Å²) in [7, 11) is 0. The van der Waals surface area contributed by atoms with Crippen LogP contribution in [0.2, 0.25) is 0 Å². The molecule has 0 saturated heterocycles. The Hall–Kier alpha value is -1.58. The van der Waals surface area contributed by atoms with Crippen LogP contribution in [0.5, 0.6) is 5.75 Å². The Bertz CT molecular complexity index is 487. The van der Waals surface area contributed by atoms with Crippen molar-refractivity contribution < 1.29 is 9.13 Å². The summed E-state index contributed by atoms with van der Waals surface area (Å²) in [6.45, 7) is 0.958. The average Bonchev–Trinajstić information content (AvgIpc) is 2.37. The Morgan fingerprint density at radius 3 is 2.28 bits per heavy atom. The third-order valence-corrected chi connectivity index (χ3v) is 2.46. The molecule has 18 heavy (non-hydrogen) atoms. The van der Waals surface area contributed by atoms with E-state index in [0.717, 1.165) is 11.1 Å². The standard InChI is InChI=1S/C14H14FNO.ClH/c15-13-2-1-3-14(8-13)17-10-12-6-4-11(9-16)5-7-12;/h1-8H,9-10,16H2;1H. The Balaban J connectivity index is 0.00000162. The molecule has 0 atom stereocenters. The molecule has 0 radical (unpaired) electrons. The number of nitrogens with two attached hydrogens (primary N) is 1. The molecule has 0 aliphatic carbocycles. The van der Waals surface area contributed by atoms with Crippen LogP contribution in [0, 0.1) is 5.82 Å². The van der Waals surface area contributed by atoms with Crippen molar-refractivity contribution in [3.8, 4) is 5.75 Å². The molecule has 0 bridgehead atoms. The lowest BCUT2D eigenvalue weighted by Crippen LogP contribution is -1.98. The van der Waals surface area contributed by atoms with Crippen LogP contribution in [0.4, 0.5) is 4.39 Å². The van der Waals surface area contributed by atoms with Crippen molar-refractivity contribution in [3.05, 3.63) is 65.5 Å². The zero-order valence-corrected chi connectivity index (χ0v) is 10.6. The van der Waals surface area contributed by atoms with Crippen LogP contribution in [0.1, 0.15) is 11.1 Å². The van der Waals surface area contributed by atoms with E-state index in [1.54, 1.807) is 12.1 Å². The predicted molar refractivity (Wildman–Crippen MR) is 72.3 cm³/mol. The van der Waals surface area contributed by atoms with Crippen molar-refractivity contribution in [1.29, 1.82) is 0 Å². The summed E-state index contributed by atoms with van der Waals surface area (Å²) in [6.07, 6.45) is 0. The molecular formula is C14H15ClFNO. The molecule has 0 fully saturated rings.